The van der Waals surface area contributed by atoms with Crippen molar-refractivity contribution in [1.29, 1.82) is 0 Å². The minimum atomic E-state index is -1.01. The molecule has 0 amide bonds. The van der Waals surface area contributed by atoms with Gasteiger partial charge in [-0.2, -0.15) is 0 Å². The topological polar surface area (TPSA) is 75.1 Å². The van der Waals surface area contributed by atoms with Crippen molar-refractivity contribution in [2.75, 3.05) is 5.32 Å². The summed E-state index contributed by atoms with van der Waals surface area (Å²) in [5, 5.41) is 12.5. The summed E-state index contributed by atoms with van der Waals surface area (Å²) in [7, 11) is 0. The standard InChI is InChI=1S/C9H9N3O2S2/c1-5-6(15-3-11-5)2-10-8-7(9(13)14)12-4-16-8/h3-4,10H,2H2,1H3,(H,13,14). The van der Waals surface area contributed by atoms with Gasteiger partial charge in [0.1, 0.15) is 5.00 Å². The number of thiazole rings is 2. The second-order valence-electron chi connectivity index (χ2n) is 3.05. The Morgan fingerprint density at radius 3 is 2.81 bits per heavy atom. The minimum absolute atomic E-state index is 0.0761. The zero-order chi connectivity index (χ0) is 11.5. The Kier molecular flexibility index (Phi) is 3.16. The minimum Gasteiger partial charge on any atom is -0.476 e. The monoisotopic (exact) mass is 255 g/mol. The zero-order valence-corrected chi connectivity index (χ0v) is 10.1. The molecule has 0 spiro atoms. The lowest BCUT2D eigenvalue weighted by molar-refractivity contribution is 0.0692. The van der Waals surface area contributed by atoms with Crippen LogP contribution in [0.25, 0.3) is 0 Å². The molecule has 2 aromatic heterocycles. The number of anilines is 1. The van der Waals surface area contributed by atoms with E-state index in [1.165, 1.54) is 16.8 Å². The molecule has 16 heavy (non-hydrogen) atoms. The smallest absolute Gasteiger partial charge is 0.357 e. The second kappa shape index (κ2) is 4.58. The molecule has 0 unspecified atom stereocenters. The van der Waals surface area contributed by atoms with Crippen LogP contribution in [0.1, 0.15) is 21.1 Å². The molecular weight excluding hydrogens is 246 g/mol. The second-order valence-corrected chi connectivity index (χ2v) is 4.84. The molecule has 0 aliphatic rings. The zero-order valence-electron chi connectivity index (χ0n) is 8.43. The first-order chi connectivity index (χ1) is 7.68. The quantitative estimate of drug-likeness (QED) is 0.876. The van der Waals surface area contributed by atoms with Crippen LogP contribution in [0.5, 0.6) is 0 Å². The first kappa shape index (κ1) is 11.0. The summed E-state index contributed by atoms with van der Waals surface area (Å²) in [5.74, 6) is -1.01. The highest BCUT2D eigenvalue weighted by atomic mass is 32.1. The molecule has 0 atom stereocenters. The molecule has 0 saturated carbocycles. The third kappa shape index (κ3) is 2.20. The van der Waals surface area contributed by atoms with E-state index < -0.39 is 5.97 Å². The van der Waals surface area contributed by atoms with Crippen molar-refractivity contribution in [2.24, 2.45) is 0 Å². The molecule has 2 rings (SSSR count). The average molecular weight is 255 g/mol. The van der Waals surface area contributed by atoms with Gasteiger partial charge >= 0.3 is 5.97 Å². The lowest BCUT2D eigenvalue weighted by Crippen LogP contribution is -2.04. The lowest BCUT2D eigenvalue weighted by Gasteiger charge is -2.02. The number of aryl methyl sites for hydroxylation is 1. The largest absolute Gasteiger partial charge is 0.476 e. The molecule has 0 aromatic carbocycles. The fourth-order valence-electron chi connectivity index (χ4n) is 1.18. The molecule has 0 bridgehead atoms. The van der Waals surface area contributed by atoms with Gasteiger partial charge in [-0.15, -0.1) is 22.7 Å². The molecule has 0 fully saturated rings. The number of hydrogen-bond donors (Lipinski definition) is 2. The van der Waals surface area contributed by atoms with Crippen LogP contribution in [-0.2, 0) is 6.54 Å². The molecule has 0 aliphatic carbocycles. The predicted octanol–water partition coefficient (Wildman–Crippen LogP) is 2.22. The molecule has 0 radical (unpaired) electrons. The summed E-state index contributed by atoms with van der Waals surface area (Å²) in [5.41, 5.74) is 4.34. The van der Waals surface area contributed by atoms with Crippen LogP contribution >= 0.6 is 22.7 Å². The van der Waals surface area contributed by atoms with E-state index in [2.05, 4.69) is 15.3 Å². The molecule has 0 saturated heterocycles. The average Bonchev–Trinajstić information content (AvgIpc) is 2.83. The lowest BCUT2D eigenvalue weighted by atomic mass is 10.4. The summed E-state index contributed by atoms with van der Waals surface area (Å²) in [4.78, 5) is 19.8. The summed E-state index contributed by atoms with van der Waals surface area (Å²) in [6.07, 6.45) is 0. The molecule has 5 nitrogen and oxygen atoms in total. The van der Waals surface area contributed by atoms with Gasteiger partial charge < -0.3 is 10.4 Å². The highest BCUT2D eigenvalue weighted by molar-refractivity contribution is 7.14. The first-order valence-electron chi connectivity index (χ1n) is 4.48. The van der Waals surface area contributed by atoms with Gasteiger partial charge in [0.2, 0.25) is 0 Å². The Morgan fingerprint density at radius 1 is 1.44 bits per heavy atom. The third-order valence-electron chi connectivity index (χ3n) is 2.02. The fourth-order valence-corrected chi connectivity index (χ4v) is 2.57. The summed E-state index contributed by atoms with van der Waals surface area (Å²) >= 11 is 2.84. The van der Waals surface area contributed by atoms with Crippen LogP contribution in [-0.4, -0.2) is 21.0 Å². The van der Waals surface area contributed by atoms with Gasteiger partial charge in [0.25, 0.3) is 0 Å². The number of carbonyl (C=O) groups is 1. The molecule has 7 heteroatoms. The maximum atomic E-state index is 10.8. The van der Waals surface area contributed by atoms with Crippen LogP contribution in [0.4, 0.5) is 5.00 Å². The van der Waals surface area contributed by atoms with E-state index >= 15 is 0 Å². The van der Waals surface area contributed by atoms with E-state index in [4.69, 9.17) is 5.11 Å². The molecule has 2 heterocycles. The van der Waals surface area contributed by atoms with Gasteiger partial charge in [0, 0.05) is 4.88 Å². The van der Waals surface area contributed by atoms with Crippen LogP contribution < -0.4 is 5.32 Å². The SMILES string of the molecule is Cc1ncsc1CNc1scnc1C(=O)O. The Balaban J connectivity index is 2.08. The van der Waals surface area contributed by atoms with E-state index in [1.807, 2.05) is 6.92 Å². The number of nitrogens with one attached hydrogen (secondary N) is 1. The number of rotatable bonds is 4. The van der Waals surface area contributed by atoms with Gasteiger partial charge in [0.15, 0.2) is 5.69 Å². The number of aromatic carboxylic acids is 1. The van der Waals surface area contributed by atoms with Gasteiger partial charge in [-0.25, -0.2) is 14.8 Å². The molecular formula is C9H9N3O2S2. The fraction of sp³-hybridized carbons (Fsp3) is 0.222. The van der Waals surface area contributed by atoms with Crippen molar-refractivity contribution in [1.82, 2.24) is 9.97 Å². The molecule has 2 N–H and O–H groups in total. The third-order valence-corrected chi connectivity index (χ3v) is 3.74. The van der Waals surface area contributed by atoms with Gasteiger partial charge in [-0.3, -0.25) is 0 Å². The number of nitrogens with zero attached hydrogens (tertiary/aromatic N) is 2. The number of carboxylic acids is 1. The van der Waals surface area contributed by atoms with E-state index in [0.717, 1.165) is 10.6 Å². The van der Waals surface area contributed by atoms with Crippen LogP contribution in [0.15, 0.2) is 11.0 Å². The normalized spacial score (nSPS) is 10.3. The van der Waals surface area contributed by atoms with E-state index in [9.17, 15) is 4.79 Å². The predicted molar refractivity (Wildman–Crippen MR) is 63.3 cm³/mol. The Morgan fingerprint density at radius 2 is 2.19 bits per heavy atom. The molecule has 84 valence electrons. The van der Waals surface area contributed by atoms with Crippen molar-refractivity contribution in [2.45, 2.75) is 13.5 Å². The van der Waals surface area contributed by atoms with Crippen molar-refractivity contribution in [3.63, 3.8) is 0 Å². The Labute approximate surface area is 99.8 Å². The van der Waals surface area contributed by atoms with Crippen molar-refractivity contribution >= 4 is 33.6 Å². The van der Waals surface area contributed by atoms with E-state index in [1.54, 1.807) is 16.8 Å². The Hall–Kier alpha value is -1.47. The van der Waals surface area contributed by atoms with Crippen LogP contribution in [0, 0.1) is 6.92 Å². The maximum Gasteiger partial charge on any atom is 0.357 e. The van der Waals surface area contributed by atoms with Crippen molar-refractivity contribution in [3.8, 4) is 0 Å². The van der Waals surface area contributed by atoms with Crippen molar-refractivity contribution in [3.05, 3.63) is 27.3 Å². The number of carboxylic acid groups (broad SMARTS) is 1. The number of aromatic nitrogens is 2. The summed E-state index contributed by atoms with van der Waals surface area (Å²) in [6, 6.07) is 0. The van der Waals surface area contributed by atoms with Gasteiger partial charge in [0.05, 0.1) is 23.3 Å². The molecule has 2 aromatic rings. The first-order valence-corrected chi connectivity index (χ1v) is 6.24. The van der Waals surface area contributed by atoms with Gasteiger partial charge in [-0.05, 0) is 6.92 Å². The van der Waals surface area contributed by atoms with Crippen LogP contribution in [0.3, 0.4) is 0 Å². The van der Waals surface area contributed by atoms with Gasteiger partial charge in [-0.1, -0.05) is 0 Å². The highest BCUT2D eigenvalue weighted by Gasteiger charge is 2.13. The van der Waals surface area contributed by atoms with E-state index in [-0.39, 0.29) is 5.69 Å². The Bertz CT molecular complexity index is 506. The van der Waals surface area contributed by atoms with Crippen LogP contribution in [0.2, 0.25) is 0 Å². The summed E-state index contributed by atoms with van der Waals surface area (Å²) in [6.45, 7) is 2.51. The van der Waals surface area contributed by atoms with Crippen molar-refractivity contribution < 1.29 is 9.90 Å². The number of hydrogen-bond acceptors (Lipinski definition) is 6. The van der Waals surface area contributed by atoms with E-state index in [0.29, 0.717) is 11.5 Å². The summed E-state index contributed by atoms with van der Waals surface area (Å²) < 4.78 is 0. The highest BCUT2D eigenvalue weighted by Crippen LogP contribution is 2.22. The molecule has 0 aliphatic heterocycles. The maximum absolute atomic E-state index is 10.8.